The summed E-state index contributed by atoms with van der Waals surface area (Å²) in [5, 5.41) is 2.51. The van der Waals surface area contributed by atoms with E-state index < -0.39 is 23.9 Å². The van der Waals surface area contributed by atoms with Crippen molar-refractivity contribution in [3.63, 3.8) is 0 Å². The van der Waals surface area contributed by atoms with Crippen LogP contribution in [0.25, 0.3) is 6.08 Å². The first kappa shape index (κ1) is 24.1. The Morgan fingerprint density at radius 3 is 2.64 bits per heavy atom. The van der Waals surface area contributed by atoms with Crippen LogP contribution in [-0.2, 0) is 25.6 Å². The van der Waals surface area contributed by atoms with Gasteiger partial charge in [-0.15, -0.1) is 0 Å². The zero-order valence-electron chi connectivity index (χ0n) is 18.0. The minimum Gasteiger partial charge on any atom is -0.481 e. The Labute approximate surface area is 197 Å². The fraction of sp³-hybridized carbons (Fsp3) is 0.273. The van der Waals surface area contributed by atoms with Gasteiger partial charge in [0.15, 0.2) is 6.61 Å². The number of methoxy groups -OCH3 is 1. The highest BCUT2D eigenvalue weighted by Gasteiger charge is 2.34. The van der Waals surface area contributed by atoms with Crippen molar-refractivity contribution in [3.05, 3.63) is 57.6 Å². The second kappa shape index (κ2) is 10.3. The Morgan fingerprint density at radius 2 is 1.97 bits per heavy atom. The number of nitrogens with zero attached hydrogens (tertiary/aromatic N) is 1. The Bertz CT molecular complexity index is 1120. The lowest BCUT2D eigenvalue weighted by molar-refractivity contribution is -0.149. The third kappa shape index (κ3) is 6.01. The number of furan rings is 1. The van der Waals surface area contributed by atoms with Gasteiger partial charge in [0.2, 0.25) is 5.76 Å². The van der Waals surface area contributed by atoms with E-state index in [9.17, 15) is 19.2 Å². The van der Waals surface area contributed by atoms with Gasteiger partial charge in [0.25, 0.3) is 5.91 Å². The maximum absolute atomic E-state index is 12.7. The Kier molecular flexibility index (Phi) is 7.54. The third-order valence-corrected chi connectivity index (χ3v) is 4.92. The predicted octanol–water partition coefficient (Wildman–Crippen LogP) is 3.25. The summed E-state index contributed by atoms with van der Waals surface area (Å²) < 4.78 is 20.9. The lowest BCUT2D eigenvalue weighted by Crippen LogP contribution is -2.30. The van der Waals surface area contributed by atoms with Gasteiger partial charge in [-0.1, -0.05) is 6.07 Å². The Balaban J connectivity index is 1.67. The van der Waals surface area contributed by atoms with Gasteiger partial charge in [0.05, 0.1) is 24.2 Å². The number of benzene rings is 1. The molecule has 1 fully saturated rings. The second-order valence-corrected chi connectivity index (χ2v) is 8.01. The molecule has 0 spiro atoms. The monoisotopic (exact) mass is 520 g/mol. The highest BCUT2D eigenvalue weighted by atomic mass is 79.9. The van der Waals surface area contributed by atoms with Crippen LogP contribution in [0.1, 0.15) is 35.7 Å². The lowest BCUT2D eigenvalue weighted by Gasteiger charge is -2.11. The maximum Gasteiger partial charge on any atom is 0.373 e. The van der Waals surface area contributed by atoms with Gasteiger partial charge in [-0.25, -0.2) is 14.4 Å². The Morgan fingerprint density at radius 1 is 1.21 bits per heavy atom. The molecule has 3 rings (SSSR count). The summed E-state index contributed by atoms with van der Waals surface area (Å²) in [5.74, 6) is -1.06. The third-order valence-electron chi connectivity index (χ3n) is 4.30. The number of urea groups is 1. The topological polar surface area (TPSA) is 124 Å². The summed E-state index contributed by atoms with van der Waals surface area (Å²) in [4.78, 5) is 49.1. The second-order valence-electron chi connectivity index (χ2n) is 7.15. The molecule has 1 N–H and O–H groups in total. The van der Waals surface area contributed by atoms with Crippen LogP contribution >= 0.6 is 15.9 Å². The first-order valence-electron chi connectivity index (χ1n) is 9.81. The van der Waals surface area contributed by atoms with Crippen molar-refractivity contribution in [2.75, 3.05) is 13.7 Å². The molecule has 1 aliphatic heterocycles. The molecule has 1 saturated heterocycles. The van der Waals surface area contributed by atoms with Gasteiger partial charge in [-0.2, -0.15) is 0 Å². The molecule has 0 bridgehead atoms. The van der Waals surface area contributed by atoms with E-state index in [1.54, 1.807) is 32.0 Å². The van der Waals surface area contributed by atoms with Crippen molar-refractivity contribution in [2.24, 2.45) is 0 Å². The van der Waals surface area contributed by atoms with Crippen LogP contribution in [0.15, 0.2) is 44.9 Å². The summed E-state index contributed by atoms with van der Waals surface area (Å²) >= 11 is 3.36. The molecule has 33 heavy (non-hydrogen) atoms. The van der Waals surface area contributed by atoms with E-state index in [1.165, 1.54) is 25.3 Å². The highest BCUT2D eigenvalue weighted by molar-refractivity contribution is 9.10. The molecule has 0 aliphatic carbocycles. The van der Waals surface area contributed by atoms with Crippen molar-refractivity contribution in [3.8, 4) is 5.75 Å². The van der Waals surface area contributed by atoms with E-state index >= 15 is 0 Å². The average molecular weight is 521 g/mol. The van der Waals surface area contributed by atoms with Crippen molar-refractivity contribution >= 4 is 45.9 Å². The van der Waals surface area contributed by atoms with Crippen LogP contribution < -0.4 is 10.1 Å². The summed E-state index contributed by atoms with van der Waals surface area (Å²) in [7, 11) is 1.22. The molecule has 1 aromatic heterocycles. The van der Waals surface area contributed by atoms with Crippen LogP contribution in [0.5, 0.6) is 5.75 Å². The first-order valence-corrected chi connectivity index (χ1v) is 10.6. The molecule has 0 unspecified atom stereocenters. The standard InChI is InChI=1S/C22H21BrN2O8/c1-12(2)32-19(26)11-31-17-6-4-13(8-15(17)23)9-16-20(27)25(22(29)24-16)10-14-5-7-18(33-14)21(28)30-3/h4-9,12H,10-11H2,1-3H3,(H,24,29)/b16-9-. The van der Waals surface area contributed by atoms with Crippen LogP contribution in [-0.4, -0.2) is 48.6 Å². The minimum atomic E-state index is -0.658. The van der Waals surface area contributed by atoms with Crippen LogP contribution in [0.4, 0.5) is 4.79 Å². The number of halogens is 1. The van der Waals surface area contributed by atoms with E-state index in [0.29, 0.717) is 15.8 Å². The number of nitrogens with one attached hydrogen (secondary N) is 1. The van der Waals surface area contributed by atoms with Gasteiger partial charge >= 0.3 is 18.0 Å². The lowest BCUT2D eigenvalue weighted by atomic mass is 10.2. The van der Waals surface area contributed by atoms with Crippen molar-refractivity contribution < 1.29 is 37.8 Å². The van der Waals surface area contributed by atoms with Crippen molar-refractivity contribution in [2.45, 2.75) is 26.5 Å². The summed E-state index contributed by atoms with van der Waals surface area (Å²) in [6.45, 7) is 3.09. The molecular weight excluding hydrogens is 500 g/mol. The fourth-order valence-corrected chi connectivity index (χ4v) is 3.38. The van der Waals surface area contributed by atoms with E-state index in [2.05, 4.69) is 26.0 Å². The number of imide groups is 1. The number of carbonyl (C=O) groups is 4. The van der Waals surface area contributed by atoms with E-state index in [4.69, 9.17) is 13.9 Å². The highest BCUT2D eigenvalue weighted by Crippen LogP contribution is 2.27. The molecule has 1 aliphatic rings. The number of esters is 2. The molecule has 0 radical (unpaired) electrons. The van der Waals surface area contributed by atoms with Gasteiger partial charge in [0, 0.05) is 0 Å². The fourth-order valence-electron chi connectivity index (χ4n) is 2.87. The molecule has 2 aromatic rings. The van der Waals surface area contributed by atoms with Gasteiger partial charge in [-0.3, -0.25) is 9.69 Å². The molecule has 3 amide bonds. The smallest absolute Gasteiger partial charge is 0.373 e. The van der Waals surface area contributed by atoms with E-state index in [1.807, 2.05) is 0 Å². The van der Waals surface area contributed by atoms with Gasteiger partial charge in [-0.05, 0) is 65.7 Å². The van der Waals surface area contributed by atoms with Crippen LogP contribution in [0.2, 0.25) is 0 Å². The number of carbonyl (C=O) groups excluding carboxylic acids is 4. The molecule has 174 valence electrons. The molecule has 2 heterocycles. The van der Waals surface area contributed by atoms with Gasteiger partial charge < -0.3 is 23.9 Å². The largest absolute Gasteiger partial charge is 0.481 e. The van der Waals surface area contributed by atoms with Crippen molar-refractivity contribution in [1.82, 2.24) is 10.2 Å². The van der Waals surface area contributed by atoms with Crippen LogP contribution in [0, 0.1) is 0 Å². The number of rotatable bonds is 8. The molecule has 1 aromatic carbocycles. The number of amides is 3. The molecule has 0 saturated carbocycles. The summed E-state index contributed by atoms with van der Waals surface area (Å²) in [5.41, 5.74) is 0.677. The normalized spacial score (nSPS) is 14.6. The number of hydrogen-bond donors (Lipinski definition) is 1. The van der Waals surface area contributed by atoms with Gasteiger partial charge in [0.1, 0.15) is 17.2 Å². The minimum absolute atomic E-state index is 0.0278. The molecule has 11 heteroatoms. The summed E-state index contributed by atoms with van der Waals surface area (Å²) in [6, 6.07) is 7.23. The number of ether oxygens (including phenoxy) is 3. The van der Waals surface area contributed by atoms with E-state index in [0.717, 1.165) is 4.90 Å². The SMILES string of the molecule is COC(=O)c1ccc(CN2C(=O)N/C(=C\c3ccc(OCC(=O)OC(C)C)c(Br)c3)C2=O)o1. The quantitative estimate of drug-likeness (QED) is 0.319. The molecule has 0 atom stereocenters. The zero-order chi connectivity index (χ0) is 24.1. The van der Waals surface area contributed by atoms with E-state index in [-0.39, 0.29) is 36.5 Å². The zero-order valence-corrected chi connectivity index (χ0v) is 19.6. The molecular formula is C22H21BrN2O8. The average Bonchev–Trinajstić information content (AvgIpc) is 3.32. The van der Waals surface area contributed by atoms with Crippen molar-refractivity contribution in [1.29, 1.82) is 0 Å². The Hall–Kier alpha value is -3.60. The predicted molar refractivity (Wildman–Crippen MR) is 118 cm³/mol. The molecule has 10 nitrogen and oxygen atoms in total. The number of hydrogen-bond acceptors (Lipinski definition) is 8. The summed E-state index contributed by atoms with van der Waals surface area (Å²) in [6.07, 6.45) is 1.27. The first-order chi connectivity index (χ1) is 15.7. The maximum atomic E-state index is 12.7. The van der Waals surface area contributed by atoms with Crippen LogP contribution in [0.3, 0.4) is 0 Å².